The van der Waals surface area contributed by atoms with Crippen LogP contribution < -0.4 is 4.74 Å². The van der Waals surface area contributed by atoms with Crippen molar-refractivity contribution in [3.8, 4) is 5.88 Å². The lowest BCUT2D eigenvalue weighted by molar-refractivity contribution is -0.154. The first kappa shape index (κ1) is 15.6. The third kappa shape index (κ3) is 4.13. The number of nitrogens with zero attached hydrogens (tertiary/aromatic N) is 4. The highest BCUT2D eigenvalue weighted by atomic mass is 32.2. The van der Waals surface area contributed by atoms with Crippen molar-refractivity contribution in [2.24, 2.45) is 0 Å². The van der Waals surface area contributed by atoms with E-state index in [0.717, 1.165) is 5.56 Å². The molecule has 3 aromatic rings. The monoisotopic (exact) mass is 340 g/mol. The van der Waals surface area contributed by atoms with E-state index in [1.807, 2.05) is 30.3 Å². The summed E-state index contributed by atoms with van der Waals surface area (Å²) in [6.07, 6.45) is -1.58. The number of fused-ring (bicyclic) bond motifs is 1. The van der Waals surface area contributed by atoms with Crippen molar-refractivity contribution < 1.29 is 17.9 Å². The van der Waals surface area contributed by atoms with Gasteiger partial charge in [-0.3, -0.25) is 0 Å². The third-order valence-corrected chi connectivity index (χ3v) is 3.88. The van der Waals surface area contributed by atoms with E-state index in [4.69, 9.17) is 4.74 Å². The third-order valence-electron chi connectivity index (χ3n) is 2.82. The van der Waals surface area contributed by atoms with E-state index in [1.165, 1.54) is 22.6 Å². The summed E-state index contributed by atoms with van der Waals surface area (Å²) >= 11 is 1.33. The van der Waals surface area contributed by atoms with Gasteiger partial charge in [-0.05, 0) is 5.56 Å². The predicted molar refractivity (Wildman–Crippen MR) is 78.3 cm³/mol. The Morgan fingerprint density at radius 1 is 1.17 bits per heavy atom. The van der Waals surface area contributed by atoms with Gasteiger partial charge in [-0.2, -0.15) is 28.2 Å². The van der Waals surface area contributed by atoms with Crippen molar-refractivity contribution in [3.05, 3.63) is 48.4 Å². The summed E-state index contributed by atoms with van der Waals surface area (Å²) in [6.45, 7) is -1.40. The zero-order valence-corrected chi connectivity index (χ0v) is 12.5. The van der Waals surface area contributed by atoms with Crippen molar-refractivity contribution >= 4 is 17.5 Å². The summed E-state index contributed by atoms with van der Waals surface area (Å²) in [5.41, 5.74) is 1.04. The maximum Gasteiger partial charge on any atom is 0.422 e. The van der Waals surface area contributed by atoms with Gasteiger partial charge in [-0.15, -0.1) is 11.8 Å². The van der Waals surface area contributed by atoms with Gasteiger partial charge in [-0.1, -0.05) is 30.3 Å². The van der Waals surface area contributed by atoms with Gasteiger partial charge in [0.05, 0.1) is 11.1 Å². The van der Waals surface area contributed by atoms with E-state index < -0.39 is 12.8 Å². The number of aromatic nitrogens is 4. The second-order valence-electron chi connectivity index (χ2n) is 4.59. The van der Waals surface area contributed by atoms with Gasteiger partial charge in [-0.25, -0.2) is 4.52 Å². The molecule has 0 amide bonds. The average Bonchev–Trinajstić information content (AvgIpc) is 2.98. The maximum atomic E-state index is 12.4. The summed E-state index contributed by atoms with van der Waals surface area (Å²) in [6, 6.07) is 9.57. The van der Waals surface area contributed by atoms with Crippen LogP contribution in [-0.4, -0.2) is 32.4 Å². The van der Waals surface area contributed by atoms with Crippen molar-refractivity contribution in [1.29, 1.82) is 0 Å². The van der Waals surface area contributed by atoms with E-state index >= 15 is 0 Å². The van der Waals surface area contributed by atoms with Crippen LogP contribution >= 0.6 is 11.8 Å². The Kier molecular flexibility index (Phi) is 4.37. The summed E-state index contributed by atoms with van der Waals surface area (Å²) < 4.78 is 43.4. The van der Waals surface area contributed by atoms with Crippen LogP contribution in [0.3, 0.4) is 0 Å². The van der Waals surface area contributed by atoms with Crippen LogP contribution in [0.1, 0.15) is 5.56 Å². The Labute approximate surface area is 133 Å². The molecule has 0 atom stereocenters. The van der Waals surface area contributed by atoms with Crippen LogP contribution in [-0.2, 0) is 5.75 Å². The molecule has 0 radical (unpaired) electrons. The number of hydrogen-bond donors (Lipinski definition) is 0. The minimum Gasteiger partial charge on any atom is -0.467 e. The first-order valence-electron chi connectivity index (χ1n) is 6.58. The SMILES string of the molecule is FC(F)(F)COc1nc2ncnn2cc1SCc1ccccc1. The molecule has 1 aromatic carbocycles. The fourth-order valence-corrected chi connectivity index (χ4v) is 2.73. The van der Waals surface area contributed by atoms with Crippen LogP contribution in [0.25, 0.3) is 5.78 Å². The molecule has 0 aliphatic heterocycles. The quantitative estimate of drug-likeness (QED) is 0.667. The molecule has 23 heavy (non-hydrogen) atoms. The molecule has 5 nitrogen and oxygen atoms in total. The highest BCUT2D eigenvalue weighted by Gasteiger charge is 2.29. The van der Waals surface area contributed by atoms with Crippen molar-refractivity contribution in [2.45, 2.75) is 16.8 Å². The zero-order valence-electron chi connectivity index (χ0n) is 11.7. The highest BCUT2D eigenvalue weighted by molar-refractivity contribution is 7.98. The number of alkyl halides is 3. The van der Waals surface area contributed by atoms with E-state index in [2.05, 4.69) is 15.1 Å². The molecule has 0 saturated heterocycles. The molecule has 0 bridgehead atoms. The molecular weight excluding hydrogens is 329 g/mol. The Morgan fingerprint density at radius 2 is 1.96 bits per heavy atom. The molecule has 0 aliphatic carbocycles. The number of thioether (sulfide) groups is 1. The maximum absolute atomic E-state index is 12.4. The second-order valence-corrected chi connectivity index (χ2v) is 5.61. The fraction of sp³-hybridized carbons (Fsp3) is 0.214. The lowest BCUT2D eigenvalue weighted by Crippen LogP contribution is -2.20. The van der Waals surface area contributed by atoms with E-state index in [1.54, 1.807) is 6.20 Å². The van der Waals surface area contributed by atoms with Crippen molar-refractivity contribution in [1.82, 2.24) is 19.6 Å². The Hall–Kier alpha value is -2.29. The Balaban J connectivity index is 1.83. The van der Waals surface area contributed by atoms with Crippen LogP contribution in [0.2, 0.25) is 0 Å². The number of rotatable bonds is 5. The highest BCUT2D eigenvalue weighted by Crippen LogP contribution is 2.31. The molecule has 0 N–H and O–H groups in total. The number of halogens is 3. The lowest BCUT2D eigenvalue weighted by atomic mass is 10.2. The van der Waals surface area contributed by atoms with Gasteiger partial charge in [0.15, 0.2) is 6.61 Å². The van der Waals surface area contributed by atoms with Gasteiger partial charge in [0.2, 0.25) is 5.88 Å². The number of ether oxygens (including phenoxy) is 1. The van der Waals surface area contributed by atoms with Crippen LogP contribution in [0.5, 0.6) is 5.88 Å². The van der Waals surface area contributed by atoms with Crippen molar-refractivity contribution in [2.75, 3.05) is 6.61 Å². The van der Waals surface area contributed by atoms with Gasteiger partial charge >= 0.3 is 6.18 Å². The Bertz CT molecular complexity index is 792. The number of benzene rings is 1. The lowest BCUT2D eigenvalue weighted by Gasteiger charge is -2.12. The molecule has 0 saturated carbocycles. The van der Waals surface area contributed by atoms with Gasteiger partial charge < -0.3 is 4.74 Å². The molecule has 2 heterocycles. The van der Waals surface area contributed by atoms with Crippen LogP contribution in [0.4, 0.5) is 13.2 Å². The van der Waals surface area contributed by atoms with Crippen LogP contribution in [0, 0.1) is 0 Å². The van der Waals surface area contributed by atoms with Crippen molar-refractivity contribution in [3.63, 3.8) is 0 Å². The molecule has 0 spiro atoms. The summed E-state index contributed by atoms with van der Waals surface area (Å²) in [5, 5.41) is 3.94. The number of hydrogen-bond acceptors (Lipinski definition) is 5. The summed E-state index contributed by atoms with van der Waals surface area (Å²) in [4.78, 5) is 8.32. The molecule has 0 fully saturated rings. The topological polar surface area (TPSA) is 52.3 Å². The smallest absolute Gasteiger partial charge is 0.422 e. The predicted octanol–water partition coefficient (Wildman–Crippen LogP) is 3.36. The average molecular weight is 340 g/mol. The molecule has 3 rings (SSSR count). The molecule has 0 aliphatic rings. The largest absolute Gasteiger partial charge is 0.467 e. The summed E-state index contributed by atoms with van der Waals surface area (Å²) in [5.74, 6) is 0.667. The minimum absolute atomic E-state index is 0.0937. The van der Waals surface area contributed by atoms with E-state index in [-0.39, 0.29) is 11.7 Å². The van der Waals surface area contributed by atoms with E-state index in [9.17, 15) is 13.2 Å². The van der Waals surface area contributed by atoms with Gasteiger partial charge in [0, 0.05) is 5.75 Å². The molecule has 9 heteroatoms. The minimum atomic E-state index is -4.43. The fourth-order valence-electron chi connectivity index (χ4n) is 1.82. The molecule has 120 valence electrons. The molecule has 0 unspecified atom stereocenters. The normalized spacial score (nSPS) is 11.8. The molecular formula is C14H11F3N4OS. The first-order chi connectivity index (χ1) is 11.0. The zero-order chi connectivity index (χ0) is 16.3. The summed E-state index contributed by atoms with van der Waals surface area (Å²) in [7, 11) is 0. The van der Waals surface area contributed by atoms with Crippen LogP contribution in [0.15, 0.2) is 47.8 Å². The second kappa shape index (κ2) is 6.45. The Morgan fingerprint density at radius 3 is 2.70 bits per heavy atom. The van der Waals surface area contributed by atoms with Gasteiger partial charge in [0.25, 0.3) is 5.78 Å². The van der Waals surface area contributed by atoms with Gasteiger partial charge in [0.1, 0.15) is 6.33 Å². The standard InChI is InChI=1S/C14H11F3N4OS/c15-14(16,17)8-22-12-11(6-21-13(20-12)18-9-19-21)23-7-10-4-2-1-3-5-10/h1-6,9H,7-8H2. The first-order valence-corrected chi connectivity index (χ1v) is 7.56. The molecule has 2 aromatic heterocycles. The van der Waals surface area contributed by atoms with E-state index in [0.29, 0.717) is 10.6 Å².